The summed E-state index contributed by atoms with van der Waals surface area (Å²) in [5.41, 5.74) is 0. The Kier molecular flexibility index (Phi) is 8.09. The molecule has 0 aliphatic rings. The highest BCUT2D eigenvalue weighted by Gasteiger charge is 1.92. The van der Waals surface area contributed by atoms with Crippen LogP contribution in [0.5, 0.6) is 0 Å². The van der Waals surface area contributed by atoms with Gasteiger partial charge < -0.3 is 0 Å². The fraction of sp³-hybridized carbons (Fsp3) is 0.750. The number of aromatic amines is 1. The van der Waals surface area contributed by atoms with Crippen LogP contribution >= 0.6 is 23.6 Å². The molecule has 0 aliphatic heterocycles. The van der Waals surface area contributed by atoms with Gasteiger partial charge in [-0.1, -0.05) is 56.8 Å². The summed E-state index contributed by atoms with van der Waals surface area (Å²) in [5.74, 6) is 0. The number of rotatable bonds is 9. The van der Waals surface area contributed by atoms with Crippen LogP contribution in [0.4, 0.5) is 5.13 Å². The quantitative estimate of drug-likeness (QED) is 0.388. The van der Waals surface area contributed by atoms with Gasteiger partial charge in [0, 0.05) is 6.21 Å². The van der Waals surface area contributed by atoms with Gasteiger partial charge in [0.2, 0.25) is 5.13 Å². The molecular formula is C12H21N3S2. The summed E-state index contributed by atoms with van der Waals surface area (Å²) in [4.78, 5) is 4.26. The SMILES string of the molecule is CCCCCCCCCC=Nc1n[nH]c(=S)s1. The largest absolute Gasteiger partial charge is 0.256 e. The van der Waals surface area contributed by atoms with Crippen LogP contribution in [0.15, 0.2) is 4.99 Å². The van der Waals surface area contributed by atoms with Gasteiger partial charge in [0.25, 0.3) is 0 Å². The molecule has 0 saturated carbocycles. The standard InChI is InChI=1S/C12H21N3S2/c1-2-3-4-5-6-7-8-9-10-13-11-14-15-12(16)17-11/h10H,2-9H2,1H3,(H,15,16). The first-order valence-electron chi connectivity index (χ1n) is 6.41. The van der Waals surface area contributed by atoms with E-state index in [0.717, 1.165) is 11.6 Å². The van der Waals surface area contributed by atoms with Gasteiger partial charge in [-0.3, -0.25) is 5.10 Å². The lowest BCUT2D eigenvalue weighted by molar-refractivity contribution is 0.596. The minimum Gasteiger partial charge on any atom is -0.256 e. The number of hydrogen-bond acceptors (Lipinski definition) is 4. The zero-order valence-corrected chi connectivity index (χ0v) is 12.1. The maximum Gasteiger partial charge on any atom is 0.229 e. The Bertz CT molecular complexity index is 368. The molecule has 5 heteroatoms. The first-order chi connectivity index (χ1) is 8.33. The van der Waals surface area contributed by atoms with Crippen LogP contribution < -0.4 is 0 Å². The Balaban J connectivity index is 1.97. The van der Waals surface area contributed by atoms with Crippen molar-refractivity contribution in [3.63, 3.8) is 0 Å². The molecule has 1 heterocycles. The molecule has 96 valence electrons. The van der Waals surface area contributed by atoms with Gasteiger partial charge in [-0.15, -0.1) is 5.10 Å². The Labute approximate surface area is 112 Å². The summed E-state index contributed by atoms with van der Waals surface area (Å²) in [7, 11) is 0. The topological polar surface area (TPSA) is 41.0 Å². The summed E-state index contributed by atoms with van der Waals surface area (Å²) in [5, 5.41) is 7.43. The van der Waals surface area contributed by atoms with Gasteiger partial charge in [0.15, 0.2) is 3.95 Å². The third-order valence-electron chi connectivity index (χ3n) is 2.57. The molecule has 0 fully saturated rings. The van der Waals surface area contributed by atoms with E-state index in [4.69, 9.17) is 12.2 Å². The second-order valence-corrected chi connectivity index (χ2v) is 5.76. The molecule has 0 aromatic carbocycles. The first kappa shape index (κ1) is 14.5. The Morgan fingerprint density at radius 2 is 1.94 bits per heavy atom. The number of nitrogens with one attached hydrogen (secondary N) is 1. The van der Waals surface area contributed by atoms with E-state index in [1.54, 1.807) is 0 Å². The molecule has 0 saturated heterocycles. The molecule has 1 rings (SSSR count). The van der Waals surface area contributed by atoms with Crippen molar-refractivity contribution in [2.75, 3.05) is 0 Å². The number of hydrogen-bond donors (Lipinski definition) is 1. The maximum absolute atomic E-state index is 4.93. The molecule has 1 N–H and O–H groups in total. The summed E-state index contributed by atoms with van der Waals surface area (Å²) < 4.78 is 0.688. The molecular weight excluding hydrogens is 250 g/mol. The van der Waals surface area contributed by atoms with Crippen molar-refractivity contribution in [2.45, 2.75) is 58.3 Å². The van der Waals surface area contributed by atoms with Crippen LogP contribution in [-0.2, 0) is 0 Å². The molecule has 0 atom stereocenters. The van der Waals surface area contributed by atoms with E-state index >= 15 is 0 Å². The molecule has 0 bridgehead atoms. The van der Waals surface area contributed by atoms with Crippen LogP contribution in [0.1, 0.15) is 58.3 Å². The second-order valence-electron chi connectivity index (χ2n) is 4.12. The molecule has 0 spiro atoms. The predicted octanol–water partition coefficient (Wildman–Crippen LogP) is 5.04. The van der Waals surface area contributed by atoms with Crippen LogP contribution in [0, 0.1) is 3.95 Å². The van der Waals surface area contributed by atoms with E-state index in [1.165, 1.54) is 56.3 Å². The summed E-state index contributed by atoms with van der Waals surface area (Å²) in [6.07, 6.45) is 12.4. The van der Waals surface area contributed by atoms with Crippen LogP contribution in [0.2, 0.25) is 0 Å². The van der Waals surface area contributed by atoms with E-state index in [-0.39, 0.29) is 0 Å². The molecule has 0 unspecified atom stereocenters. The molecule has 1 aromatic heterocycles. The highest BCUT2D eigenvalue weighted by Crippen LogP contribution is 2.14. The monoisotopic (exact) mass is 271 g/mol. The van der Waals surface area contributed by atoms with E-state index < -0.39 is 0 Å². The molecule has 0 aliphatic carbocycles. The van der Waals surface area contributed by atoms with Crippen molar-refractivity contribution >= 4 is 34.9 Å². The highest BCUT2D eigenvalue weighted by atomic mass is 32.1. The molecule has 3 nitrogen and oxygen atoms in total. The summed E-state index contributed by atoms with van der Waals surface area (Å²) >= 11 is 6.35. The van der Waals surface area contributed by atoms with Crippen molar-refractivity contribution in [1.82, 2.24) is 10.2 Å². The fourth-order valence-corrected chi connectivity index (χ4v) is 2.36. The van der Waals surface area contributed by atoms with Gasteiger partial charge in [0.1, 0.15) is 0 Å². The van der Waals surface area contributed by atoms with Crippen LogP contribution in [0.25, 0.3) is 0 Å². The zero-order valence-electron chi connectivity index (χ0n) is 10.4. The third kappa shape index (κ3) is 7.39. The van der Waals surface area contributed by atoms with Crippen LogP contribution in [-0.4, -0.2) is 16.4 Å². The fourth-order valence-electron chi connectivity index (χ4n) is 1.61. The van der Waals surface area contributed by atoms with Gasteiger partial charge in [-0.05, 0) is 25.1 Å². The van der Waals surface area contributed by atoms with Crippen LogP contribution in [0.3, 0.4) is 0 Å². The Hall–Kier alpha value is -0.550. The molecule has 0 amide bonds. The van der Waals surface area contributed by atoms with E-state index in [0.29, 0.717) is 3.95 Å². The lowest BCUT2D eigenvalue weighted by Crippen LogP contribution is -1.81. The zero-order chi connectivity index (χ0) is 12.3. The van der Waals surface area contributed by atoms with Crippen molar-refractivity contribution in [3.8, 4) is 0 Å². The number of aromatic nitrogens is 2. The Morgan fingerprint density at radius 1 is 1.24 bits per heavy atom. The second kappa shape index (κ2) is 9.48. The van der Waals surface area contributed by atoms with Gasteiger partial charge >= 0.3 is 0 Å². The lowest BCUT2D eigenvalue weighted by Gasteiger charge is -1.98. The smallest absolute Gasteiger partial charge is 0.229 e. The van der Waals surface area contributed by atoms with Crippen molar-refractivity contribution in [2.24, 2.45) is 4.99 Å². The number of nitrogens with zero attached hydrogens (tertiary/aromatic N) is 2. The average Bonchev–Trinajstić information content (AvgIpc) is 2.73. The van der Waals surface area contributed by atoms with Crippen molar-refractivity contribution < 1.29 is 0 Å². The molecule has 1 aromatic rings. The average molecular weight is 271 g/mol. The summed E-state index contributed by atoms with van der Waals surface area (Å²) in [6, 6.07) is 0. The maximum atomic E-state index is 4.93. The first-order valence-corrected chi connectivity index (χ1v) is 7.63. The number of H-pyrrole nitrogens is 1. The lowest BCUT2D eigenvalue weighted by atomic mass is 10.1. The van der Waals surface area contributed by atoms with E-state index in [2.05, 4.69) is 22.1 Å². The van der Waals surface area contributed by atoms with Crippen molar-refractivity contribution in [1.29, 1.82) is 0 Å². The summed E-state index contributed by atoms with van der Waals surface area (Å²) in [6.45, 7) is 2.25. The van der Waals surface area contributed by atoms with Gasteiger partial charge in [-0.2, -0.15) is 0 Å². The number of unbranched alkanes of at least 4 members (excludes halogenated alkanes) is 7. The minimum absolute atomic E-state index is 0.688. The minimum atomic E-state index is 0.688. The van der Waals surface area contributed by atoms with E-state index in [1.807, 2.05) is 6.21 Å². The van der Waals surface area contributed by atoms with E-state index in [9.17, 15) is 0 Å². The normalized spacial score (nSPS) is 11.4. The predicted molar refractivity (Wildman–Crippen MR) is 78.1 cm³/mol. The van der Waals surface area contributed by atoms with Gasteiger partial charge in [-0.25, -0.2) is 4.99 Å². The molecule has 0 radical (unpaired) electrons. The molecule has 17 heavy (non-hydrogen) atoms. The number of aliphatic imine (C=N–C) groups is 1. The van der Waals surface area contributed by atoms with Crippen molar-refractivity contribution in [3.05, 3.63) is 3.95 Å². The Morgan fingerprint density at radius 3 is 2.59 bits per heavy atom. The van der Waals surface area contributed by atoms with Gasteiger partial charge in [0.05, 0.1) is 0 Å². The highest BCUT2D eigenvalue weighted by molar-refractivity contribution is 7.73. The third-order valence-corrected chi connectivity index (χ3v) is 3.56.